The molecule has 0 saturated heterocycles. The van der Waals surface area contributed by atoms with Crippen LogP contribution in [0.3, 0.4) is 0 Å². The number of ketones is 1. The first-order valence-electron chi connectivity index (χ1n) is 4.93. The standard InChI is InChI=1S/C13H11NO2/c1-9-8-12(16)6-7-13(9)14-10-2-4-11(15)5-3-10/h2-8,15H,1H3. The summed E-state index contributed by atoms with van der Waals surface area (Å²) in [5.74, 6) is 0.202. The van der Waals surface area contributed by atoms with Gasteiger partial charge in [0.1, 0.15) is 5.75 Å². The lowest BCUT2D eigenvalue weighted by Crippen LogP contribution is -2.04. The van der Waals surface area contributed by atoms with Gasteiger partial charge >= 0.3 is 0 Å². The molecule has 0 spiro atoms. The van der Waals surface area contributed by atoms with Crippen LogP contribution in [0.2, 0.25) is 0 Å². The minimum Gasteiger partial charge on any atom is -0.508 e. The Kier molecular flexibility index (Phi) is 2.68. The molecule has 3 nitrogen and oxygen atoms in total. The summed E-state index contributed by atoms with van der Waals surface area (Å²) in [5, 5.41) is 9.13. The number of nitrogens with zero attached hydrogens (tertiary/aromatic N) is 1. The Hall–Kier alpha value is -2.16. The van der Waals surface area contributed by atoms with Gasteiger partial charge in [0.15, 0.2) is 5.78 Å². The quantitative estimate of drug-likeness (QED) is 0.729. The molecule has 0 unspecified atom stereocenters. The molecule has 16 heavy (non-hydrogen) atoms. The van der Waals surface area contributed by atoms with Crippen molar-refractivity contribution in [2.24, 2.45) is 4.99 Å². The fourth-order valence-corrected chi connectivity index (χ4v) is 1.42. The fraction of sp³-hybridized carbons (Fsp3) is 0.0769. The van der Waals surface area contributed by atoms with E-state index in [1.165, 1.54) is 6.08 Å². The second-order valence-electron chi connectivity index (χ2n) is 3.58. The van der Waals surface area contributed by atoms with Crippen LogP contribution in [-0.2, 0) is 4.79 Å². The van der Waals surface area contributed by atoms with Crippen molar-refractivity contribution in [1.82, 2.24) is 0 Å². The van der Waals surface area contributed by atoms with Gasteiger partial charge in [0.2, 0.25) is 0 Å². The molecule has 0 atom stereocenters. The van der Waals surface area contributed by atoms with Crippen molar-refractivity contribution < 1.29 is 9.90 Å². The minimum absolute atomic E-state index is 0.0119. The van der Waals surface area contributed by atoms with E-state index in [-0.39, 0.29) is 11.5 Å². The zero-order chi connectivity index (χ0) is 11.5. The van der Waals surface area contributed by atoms with Gasteiger partial charge in [-0.1, -0.05) is 0 Å². The maximum absolute atomic E-state index is 11.1. The Morgan fingerprint density at radius 3 is 2.44 bits per heavy atom. The van der Waals surface area contributed by atoms with Crippen LogP contribution in [0.1, 0.15) is 6.92 Å². The fourth-order valence-electron chi connectivity index (χ4n) is 1.42. The molecule has 1 aromatic carbocycles. The molecule has 1 N–H and O–H groups in total. The molecule has 3 heteroatoms. The number of rotatable bonds is 1. The highest BCUT2D eigenvalue weighted by Crippen LogP contribution is 2.19. The summed E-state index contributed by atoms with van der Waals surface area (Å²) < 4.78 is 0. The van der Waals surface area contributed by atoms with Crippen LogP contribution in [0.5, 0.6) is 5.75 Å². The predicted molar refractivity (Wildman–Crippen MR) is 63.1 cm³/mol. The number of aliphatic imine (C=N–C) groups is 1. The van der Waals surface area contributed by atoms with Gasteiger partial charge in [-0.05, 0) is 55.0 Å². The molecule has 0 saturated carbocycles. The van der Waals surface area contributed by atoms with E-state index in [0.29, 0.717) is 0 Å². The lowest BCUT2D eigenvalue weighted by atomic mass is 10.0. The summed E-state index contributed by atoms with van der Waals surface area (Å²) >= 11 is 0. The summed E-state index contributed by atoms with van der Waals surface area (Å²) in [4.78, 5) is 15.4. The summed E-state index contributed by atoms with van der Waals surface area (Å²) in [5.41, 5.74) is 2.37. The summed E-state index contributed by atoms with van der Waals surface area (Å²) in [6.07, 6.45) is 4.75. The zero-order valence-electron chi connectivity index (χ0n) is 8.84. The summed E-state index contributed by atoms with van der Waals surface area (Å²) in [6, 6.07) is 6.60. The molecule has 1 aromatic rings. The van der Waals surface area contributed by atoms with Gasteiger partial charge in [-0.2, -0.15) is 0 Å². The monoisotopic (exact) mass is 213 g/mol. The second-order valence-corrected chi connectivity index (χ2v) is 3.58. The normalized spacial score (nSPS) is 17.7. The number of aromatic hydroxyl groups is 1. The highest BCUT2D eigenvalue weighted by atomic mass is 16.3. The van der Waals surface area contributed by atoms with Crippen LogP contribution >= 0.6 is 0 Å². The number of benzene rings is 1. The molecule has 0 amide bonds. The van der Waals surface area contributed by atoms with Crippen LogP contribution in [0.25, 0.3) is 0 Å². The van der Waals surface area contributed by atoms with Crippen molar-refractivity contribution in [2.45, 2.75) is 6.92 Å². The molecule has 0 radical (unpaired) electrons. The van der Waals surface area contributed by atoms with Crippen molar-refractivity contribution in [3.05, 3.63) is 48.1 Å². The molecule has 80 valence electrons. The molecule has 1 aliphatic rings. The van der Waals surface area contributed by atoms with E-state index in [1.807, 2.05) is 6.92 Å². The van der Waals surface area contributed by atoms with Gasteiger partial charge in [0.25, 0.3) is 0 Å². The van der Waals surface area contributed by atoms with E-state index >= 15 is 0 Å². The van der Waals surface area contributed by atoms with Crippen molar-refractivity contribution >= 4 is 17.2 Å². The van der Waals surface area contributed by atoms with E-state index in [1.54, 1.807) is 36.4 Å². The van der Waals surface area contributed by atoms with E-state index in [0.717, 1.165) is 17.0 Å². The predicted octanol–water partition coefficient (Wildman–Crippen LogP) is 2.55. The number of allylic oxidation sites excluding steroid dienone is 4. The molecule has 2 rings (SSSR count). The largest absolute Gasteiger partial charge is 0.508 e. The van der Waals surface area contributed by atoms with E-state index in [2.05, 4.69) is 4.99 Å². The molecule has 0 heterocycles. The van der Waals surface area contributed by atoms with E-state index in [9.17, 15) is 4.79 Å². The lowest BCUT2D eigenvalue weighted by Gasteiger charge is -2.05. The molecule has 0 bridgehead atoms. The highest BCUT2D eigenvalue weighted by molar-refractivity contribution is 6.19. The van der Waals surface area contributed by atoms with Gasteiger partial charge < -0.3 is 5.11 Å². The van der Waals surface area contributed by atoms with Crippen LogP contribution < -0.4 is 0 Å². The zero-order valence-corrected chi connectivity index (χ0v) is 8.84. The Morgan fingerprint density at radius 2 is 1.81 bits per heavy atom. The van der Waals surface area contributed by atoms with Gasteiger partial charge in [-0.3, -0.25) is 4.79 Å². The molecule has 0 fully saturated rings. The summed E-state index contributed by atoms with van der Waals surface area (Å²) in [7, 11) is 0. The number of hydrogen-bond donors (Lipinski definition) is 1. The average Bonchev–Trinajstić information content (AvgIpc) is 2.25. The van der Waals surface area contributed by atoms with Crippen molar-refractivity contribution in [1.29, 1.82) is 0 Å². The number of phenols is 1. The number of carbonyl (C=O) groups is 1. The van der Waals surface area contributed by atoms with Gasteiger partial charge in [-0.25, -0.2) is 4.99 Å². The first-order valence-corrected chi connectivity index (χ1v) is 4.93. The topological polar surface area (TPSA) is 49.7 Å². The number of phenolic OH excluding ortho intramolecular Hbond substituents is 1. The van der Waals surface area contributed by atoms with Crippen LogP contribution in [0.15, 0.2) is 53.1 Å². The highest BCUT2D eigenvalue weighted by Gasteiger charge is 2.06. The van der Waals surface area contributed by atoms with Crippen LogP contribution in [-0.4, -0.2) is 16.6 Å². The van der Waals surface area contributed by atoms with Crippen LogP contribution in [0, 0.1) is 0 Å². The Balaban J connectivity index is 2.32. The second kappa shape index (κ2) is 4.14. The van der Waals surface area contributed by atoms with Crippen molar-refractivity contribution in [2.75, 3.05) is 0 Å². The third-order valence-electron chi connectivity index (χ3n) is 2.27. The lowest BCUT2D eigenvalue weighted by molar-refractivity contribution is -0.110. The van der Waals surface area contributed by atoms with Crippen LogP contribution in [0.4, 0.5) is 5.69 Å². The van der Waals surface area contributed by atoms with E-state index < -0.39 is 0 Å². The van der Waals surface area contributed by atoms with Crippen molar-refractivity contribution in [3.63, 3.8) is 0 Å². The Morgan fingerprint density at radius 1 is 1.12 bits per heavy atom. The van der Waals surface area contributed by atoms with Gasteiger partial charge in [0, 0.05) is 0 Å². The first kappa shape index (κ1) is 10.4. The molecular weight excluding hydrogens is 202 g/mol. The first-order chi connectivity index (χ1) is 7.65. The summed E-state index contributed by atoms with van der Waals surface area (Å²) in [6.45, 7) is 1.85. The number of carbonyl (C=O) groups excluding carboxylic acids is 1. The minimum atomic E-state index is -0.0119. The van der Waals surface area contributed by atoms with Crippen molar-refractivity contribution in [3.8, 4) is 5.75 Å². The maximum Gasteiger partial charge on any atom is 0.179 e. The van der Waals surface area contributed by atoms with Gasteiger partial charge in [0.05, 0.1) is 11.4 Å². The SMILES string of the molecule is CC1=CC(=O)C=CC1=Nc1ccc(O)cc1. The maximum atomic E-state index is 11.1. The average molecular weight is 213 g/mol. The third-order valence-corrected chi connectivity index (χ3v) is 2.27. The Labute approximate surface area is 93.5 Å². The molecule has 0 aliphatic heterocycles. The third kappa shape index (κ3) is 2.25. The Bertz CT molecular complexity index is 507. The van der Waals surface area contributed by atoms with E-state index in [4.69, 9.17) is 5.11 Å². The van der Waals surface area contributed by atoms with Gasteiger partial charge in [-0.15, -0.1) is 0 Å². The molecule has 1 aliphatic carbocycles. The molecular formula is C13H11NO2. The number of hydrogen-bond acceptors (Lipinski definition) is 3. The molecule has 0 aromatic heterocycles. The smallest absolute Gasteiger partial charge is 0.179 e.